The maximum Gasteiger partial charge on any atom is 0.321 e. The first-order valence-electron chi connectivity index (χ1n) is 10.3. The highest BCUT2D eigenvalue weighted by Gasteiger charge is 2.15. The van der Waals surface area contributed by atoms with E-state index in [1.54, 1.807) is 36.7 Å². The Balaban J connectivity index is 1.37. The molecule has 1 aliphatic rings. The zero-order valence-corrected chi connectivity index (χ0v) is 17.0. The molecule has 0 bridgehead atoms. The number of ether oxygens (including phenoxy) is 2. The SMILES string of the molecule is Cc1cc(Oc2ncccn2)ccc1NC(=O)c1ccc(OC2CCCCC2)cc1. The number of aromatic nitrogens is 2. The van der Waals surface area contributed by atoms with Gasteiger partial charge in [-0.15, -0.1) is 0 Å². The third-order valence-electron chi connectivity index (χ3n) is 5.17. The average molecular weight is 403 g/mol. The van der Waals surface area contributed by atoms with E-state index in [-0.39, 0.29) is 11.9 Å². The Kier molecular flexibility index (Phi) is 6.23. The molecule has 3 aromatic rings. The van der Waals surface area contributed by atoms with Crippen molar-refractivity contribution in [2.45, 2.75) is 45.1 Å². The zero-order valence-electron chi connectivity index (χ0n) is 17.0. The van der Waals surface area contributed by atoms with E-state index in [0.29, 0.717) is 17.4 Å². The van der Waals surface area contributed by atoms with Crippen LogP contribution in [0.15, 0.2) is 60.9 Å². The molecular formula is C24H25N3O3. The molecule has 6 heteroatoms. The summed E-state index contributed by atoms with van der Waals surface area (Å²) < 4.78 is 11.7. The molecule has 6 nitrogen and oxygen atoms in total. The van der Waals surface area contributed by atoms with Crippen LogP contribution in [0, 0.1) is 6.92 Å². The van der Waals surface area contributed by atoms with E-state index in [2.05, 4.69) is 15.3 Å². The summed E-state index contributed by atoms with van der Waals surface area (Å²) >= 11 is 0. The molecule has 0 unspecified atom stereocenters. The lowest BCUT2D eigenvalue weighted by molar-refractivity contribution is 0.102. The van der Waals surface area contributed by atoms with Gasteiger partial charge in [-0.25, -0.2) is 9.97 Å². The number of benzene rings is 2. The second kappa shape index (κ2) is 9.39. The predicted octanol–water partition coefficient (Wildman–Crippen LogP) is 5.54. The van der Waals surface area contributed by atoms with Crippen LogP contribution < -0.4 is 14.8 Å². The smallest absolute Gasteiger partial charge is 0.321 e. The van der Waals surface area contributed by atoms with Gasteiger partial charge in [0.05, 0.1) is 6.10 Å². The summed E-state index contributed by atoms with van der Waals surface area (Å²) in [7, 11) is 0. The van der Waals surface area contributed by atoms with Crippen LogP contribution in [0.5, 0.6) is 17.5 Å². The summed E-state index contributed by atoms with van der Waals surface area (Å²) in [5.41, 5.74) is 2.20. The predicted molar refractivity (Wildman–Crippen MR) is 115 cm³/mol. The minimum absolute atomic E-state index is 0.164. The molecule has 1 aromatic heterocycles. The number of aryl methyl sites for hydroxylation is 1. The third kappa shape index (κ3) is 5.14. The number of anilines is 1. The number of amides is 1. The van der Waals surface area contributed by atoms with E-state index < -0.39 is 0 Å². The zero-order chi connectivity index (χ0) is 20.8. The van der Waals surface area contributed by atoms with Crippen LogP contribution in [0.2, 0.25) is 0 Å². The van der Waals surface area contributed by atoms with E-state index in [9.17, 15) is 4.79 Å². The first kappa shape index (κ1) is 19.9. The van der Waals surface area contributed by atoms with Crippen LogP contribution in [-0.2, 0) is 0 Å². The number of rotatable bonds is 6. The van der Waals surface area contributed by atoms with Crippen LogP contribution in [-0.4, -0.2) is 22.0 Å². The Bertz CT molecular complexity index is 984. The third-order valence-corrected chi connectivity index (χ3v) is 5.17. The Morgan fingerprint density at radius 2 is 1.67 bits per heavy atom. The standard InChI is InChI=1S/C24H25N3O3/c1-17-16-21(30-24-25-14-5-15-26-24)12-13-22(17)27-23(28)18-8-10-20(11-9-18)29-19-6-3-2-4-7-19/h5,8-16,19H,2-4,6-7H2,1H3,(H,27,28). The minimum Gasteiger partial charge on any atom is -0.490 e. The maximum absolute atomic E-state index is 12.6. The molecular weight excluding hydrogens is 378 g/mol. The Morgan fingerprint density at radius 3 is 2.37 bits per heavy atom. The van der Waals surface area contributed by atoms with Gasteiger partial charge in [0.25, 0.3) is 5.91 Å². The van der Waals surface area contributed by atoms with Crippen LogP contribution in [0.4, 0.5) is 5.69 Å². The molecule has 1 aliphatic carbocycles. The fourth-order valence-corrected chi connectivity index (χ4v) is 3.54. The summed E-state index contributed by atoms with van der Waals surface area (Å²) in [6.07, 6.45) is 9.51. The van der Waals surface area contributed by atoms with Crippen LogP contribution in [0.3, 0.4) is 0 Å². The largest absolute Gasteiger partial charge is 0.490 e. The summed E-state index contributed by atoms with van der Waals surface area (Å²) in [6, 6.07) is 14.8. The molecule has 2 aromatic carbocycles. The molecule has 1 amide bonds. The van der Waals surface area contributed by atoms with Gasteiger partial charge in [-0.3, -0.25) is 4.79 Å². The lowest BCUT2D eigenvalue weighted by Crippen LogP contribution is -2.19. The van der Waals surface area contributed by atoms with Gasteiger partial charge in [0.1, 0.15) is 11.5 Å². The maximum atomic E-state index is 12.6. The topological polar surface area (TPSA) is 73.3 Å². The van der Waals surface area contributed by atoms with Crippen molar-refractivity contribution >= 4 is 11.6 Å². The molecule has 0 atom stereocenters. The summed E-state index contributed by atoms with van der Waals surface area (Å²) in [4.78, 5) is 20.7. The molecule has 0 saturated heterocycles. The van der Waals surface area contributed by atoms with Crippen LogP contribution in [0.25, 0.3) is 0 Å². The number of hydrogen-bond acceptors (Lipinski definition) is 5. The molecule has 1 fully saturated rings. The van der Waals surface area contributed by atoms with Crippen molar-refractivity contribution in [2.24, 2.45) is 0 Å². The highest BCUT2D eigenvalue weighted by molar-refractivity contribution is 6.04. The van der Waals surface area contributed by atoms with E-state index in [1.165, 1.54) is 19.3 Å². The van der Waals surface area contributed by atoms with E-state index >= 15 is 0 Å². The molecule has 0 spiro atoms. The molecule has 0 aliphatic heterocycles. The lowest BCUT2D eigenvalue weighted by atomic mass is 9.98. The first-order valence-corrected chi connectivity index (χ1v) is 10.3. The molecule has 1 N–H and O–H groups in total. The monoisotopic (exact) mass is 403 g/mol. The van der Waals surface area contributed by atoms with E-state index in [0.717, 1.165) is 29.8 Å². The summed E-state index contributed by atoms with van der Waals surface area (Å²) in [5, 5.41) is 2.95. The Hall–Kier alpha value is -3.41. The van der Waals surface area contributed by atoms with Crippen LogP contribution >= 0.6 is 0 Å². The van der Waals surface area contributed by atoms with Crippen molar-refractivity contribution in [1.29, 1.82) is 0 Å². The van der Waals surface area contributed by atoms with Gasteiger partial charge in [-0.2, -0.15) is 0 Å². The number of nitrogens with zero attached hydrogens (tertiary/aromatic N) is 2. The summed E-state index contributed by atoms with van der Waals surface area (Å²) in [6.45, 7) is 1.91. The fourth-order valence-electron chi connectivity index (χ4n) is 3.54. The minimum atomic E-state index is -0.164. The van der Waals surface area contributed by atoms with Gasteiger partial charge >= 0.3 is 6.01 Å². The second-order valence-electron chi connectivity index (χ2n) is 7.47. The molecule has 1 heterocycles. The van der Waals surface area contributed by atoms with Crippen molar-refractivity contribution < 1.29 is 14.3 Å². The van der Waals surface area contributed by atoms with Gasteiger partial charge in [-0.05, 0) is 86.7 Å². The number of nitrogens with one attached hydrogen (secondary N) is 1. The van der Waals surface area contributed by atoms with Crippen molar-refractivity contribution in [1.82, 2.24) is 9.97 Å². The fraction of sp³-hybridized carbons (Fsp3) is 0.292. The van der Waals surface area contributed by atoms with Gasteiger partial charge < -0.3 is 14.8 Å². The van der Waals surface area contributed by atoms with Gasteiger partial charge in [0.15, 0.2) is 0 Å². The van der Waals surface area contributed by atoms with Crippen molar-refractivity contribution in [3.05, 3.63) is 72.1 Å². The quantitative estimate of drug-likeness (QED) is 0.585. The van der Waals surface area contributed by atoms with Gasteiger partial charge in [0, 0.05) is 23.6 Å². The number of hydrogen-bond donors (Lipinski definition) is 1. The second-order valence-corrected chi connectivity index (χ2v) is 7.47. The molecule has 1 saturated carbocycles. The van der Waals surface area contributed by atoms with Crippen molar-refractivity contribution in [3.63, 3.8) is 0 Å². The van der Waals surface area contributed by atoms with E-state index in [1.807, 2.05) is 31.2 Å². The number of carbonyl (C=O) groups is 1. The lowest BCUT2D eigenvalue weighted by Gasteiger charge is -2.23. The highest BCUT2D eigenvalue weighted by atomic mass is 16.5. The Morgan fingerprint density at radius 1 is 0.967 bits per heavy atom. The normalized spacial score (nSPS) is 14.2. The van der Waals surface area contributed by atoms with E-state index in [4.69, 9.17) is 9.47 Å². The van der Waals surface area contributed by atoms with Crippen molar-refractivity contribution in [3.8, 4) is 17.5 Å². The first-order chi connectivity index (χ1) is 14.7. The van der Waals surface area contributed by atoms with Gasteiger partial charge in [-0.1, -0.05) is 6.42 Å². The average Bonchev–Trinajstić information content (AvgIpc) is 2.77. The van der Waals surface area contributed by atoms with Crippen LogP contribution in [0.1, 0.15) is 48.0 Å². The van der Waals surface area contributed by atoms with Crippen molar-refractivity contribution in [2.75, 3.05) is 5.32 Å². The number of carbonyl (C=O) groups excluding carboxylic acids is 1. The molecule has 30 heavy (non-hydrogen) atoms. The molecule has 4 rings (SSSR count). The highest BCUT2D eigenvalue weighted by Crippen LogP contribution is 2.26. The van der Waals surface area contributed by atoms with Gasteiger partial charge in [0.2, 0.25) is 0 Å². The molecule has 0 radical (unpaired) electrons. The molecule has 154 valence electrons. The summed E-state index contributed by atoms with van der Waals surface area (Å²) in [5.74, 6) is 1.27. The Labute approximate surface area is 176 Å².